The van der Waals surface area contributed by atoms with E-state index in [-0.39, 0.29) is 0 Å². The fourth-order valence-corrected chi connectivity index (χ4v) is 4.25. The van der Waals surface area contributed by atoms with E-state index in [4.69, 9.17) is 19.9 Å². The predicted molar refractivity (Wildman–Crippen MR) is 119 cm³/mol. The molecule has 1 aliphatic rings. The summed E-state index contributed by atoms with van der Waals surface area (Å²) in [5.41, 5.74) is 9.31. The van der Waals surface area contributed by atoms with Crippen LogP contribution in [0.2, 0.25) is 0 Å². The fraction of sp³-hybridized carbons (Fsp3) is 0.261. The van der Waals surface area contributed by atoms with Crippen molar-refractivity contribution in [3.63, 3.8) is 0 Å². The standard InChI is InChI=1S/C23H24N2O3S/c1-5-27-15-8-6-7-14(13-15)21-19(25-22(24)29-21)17-9-10-18(26-4)16-11-12-23(2,3)28-20(16)17/h6-13H,5H2,1-4H3,(H2,24,25). The Kier molecular flexibility index (Phi) is 4.96. The van der Waals surface area contributed by atoms with Crippen LogP contribution in [0.3, 0.4) is 0 Å². The van der Waals surface area contributed by atoms with Gasteiger partial charge in [0.1, 0.15) is 22.8 Å². The lowest BCUT2D eigenvalue weighted by Gasteiger charge is -2.30. The molecule has 0 atom stereocenters. The second-order valence-electron chi connectivity index (χ2n) is 7.29. The number of hydrogen-bond donors (Lipinski definition) is 1. The van der Waals surface area contributed by atoms with Gasteiger partial charge in [-0.15, -0.1) is 0 Å². The molecule has 0 saturated heterocycles. The molecule has 3 aromatic rings. The molecule has 150 valence electrons. The number of nitrogens with zero attached hydrogens (tertiary/aromatic N) is 1. The smallest absolute Gasteiger partial charge is 0.181 e. The van der Waals surface area contributed by atoms with Crippen molar-refractivity contribution in [3.8, 4) is 38.9 Å². The Hall–Kier alpha value is -2.99. The molecule has 1 aliphatic heterocycles. The molecule has 5 nitrogen and oxygen atoms in total. The quantitative estimate of drug-likeness (QED) is 0.591. The predicted octanol–water partition coefficient (Wildman–Crippen LogP) is 5.65. The van der Waals surface area contributed by atoms with E-state index < -0.39 is 5.60 Å². The van der Waals surface area contributed by atoms with E-state index in [1.54, 1.807) is 7.11 Å². The number of anilines is 1. The molecule has 0 radical (unpaired) electrons. The lowest BCUT2D eigenvalue weighted by atomic mass is 9.96. The zero-order valence-electron chi connectivity index (χ0n) is 17.0. The summed E-state index contributed by atoms with van der Waals surface area (Å²) in [5.74, 6) is 2.34. The highest BCUT2D eigenvalue weighted by atomic mass is 32.1. The van der Waals surface area contributed by atoms with Crippen molar-refractivity contribution in [2.24, 2.45) is 0 Å². The molecule has 2 aromatic carbocycles. The van der Waals surface area contributed by atoms with Crippen molar-refractivity contribution in [1.29, 1.82) is 0 Å². The SMILES string of the molecule is CCOc1cccc(-c2sc(N)nc2-c2ccc(OC)c3c2OC(C)(C)C=C3)c1. The van der Waals surface area contributed by atoms with Crippen molar-refractivity contribution in [2.45, 2.75) is 26.4 Å². The first-order chi connectivity index (χ1) is 13.9. The van der Waals surface area contributed by atoms with E-state index in [2.05, 4.69) is 4.98 Å². The zero-order chi connectivity index (χ0) is 20.6. The summed E-state index contributed by atoms with van der Waals surface area (Å²) in [6.45, 7) is 6.64. The van der Waals surface area contributed by atoms with Gasteiger partial charge in [0.2, 0.25) is 0 Å². The number of methoxy groups -OCH3 is 1. The van der Waals surface area contributed by atoms with Gasteiger partial charge < -0.3 is 19.9 Å². The largest absolute Gasteiger partial charge is 0.496 e. The number of nitrogen functional groups attached to an aromatic ring is 1. The van der Waals surface area contributed by atoms with Crippen LogP contribution < -0.4 is 19.9 Å². The highest BCUT2D eigenvalue weighted by Gasteiger charge is 2.28. The van der Waals surface area contributed by atoms with Gasteiger partial charge in [-0.3, -0.25) is 0 Å². The molecule has 0 amide bonds. The summed E-state index contributed by atoms with van der Waals surface area (Å²) >= 11 is 1.46. The third-order valence-corrected chi connectivity index (χ3v) is 5.63. The summed E-state index contributed by atoms with van der Waals surface area (Å²) < 4.78 is 17.6. The van der Waals surface area contributed by atoms with Crippen LogP contribution in [0.25, 0.3) is 27.8 Å². The van der Waals surface area contributed by atoms with Crippen LogP contribution in [-0.4, -0.2) is 24.3 Å². The number of benzene rings is 2. The van der Waals surface area contributed by atoms with Crippen LogP contribution in [0.4, 0.5) is 5.13 Å². The molecule has 0 spiro atoms. The van der Waals surface area contributed by atoms with Crippen LogP contribution in [0.5, 0.6) is 17.2 Å². The molecule has 4 rings (SSSR count). The third-order valence-electron chi connectivity index (χ3n) is 4.70. The minimum absolute atomic E-state index is 0.426. The molecule has 29 heavy (non-hydrogen) atoms. The Morgan fingerprint density at radius 2 is 2.03 bits per heavy atom. The van der Waals surface area contributed by atoms with Gasteiger partial charge in [0.15, 0.2) is 5.13 Å². The Labute approximate surface area is 174 Å². The van der Waals surface area contributed by atoms with E-state index in [0.29, 0.717) is 11.7 Å². The molecule has 0 fully saturated rings. The van der Waals surface area contributed by atoms with Gasteiger partial charge in [0.05, 0.1) is 29.9 Å². The van der Waals surface area contributed by atoms with Gasteiger partial charge in [0.25, 0.3) is 0 Å². The maximum atomic E-state index is 6.34. The molecule has 0 bridgehead atoms. The summed E-state index contributed by atoms with van der Waals surface area (Å²) in [7, 11) is 1.66. The van der Waals surface area contributed by atoms with Crippen LogP contribution in [0.1, 0.15) is 26.3 Å². The molecule has 2 heterocycles. The summed E-state index contributed by atoms with van der Waals surface area (Å²) in [4.78, 5) is 5.63. The van der Waals surface area contributed by atoms with Crippen molar-refractivity contribution in [3.05, 3.63) is 48.0 Å². The van der Waals surface area contributed by atoms with E-state index in [1.165, 1.54) is 11.3 Å². The number of nitrogens with two attached hydrogens (primary N) is 1. The van der Waals surface area contributed by atoms with E-state index in [1.807, 2.05) is 69.3 Å². The highest BCUT2D eigenvalue weighted by Crippen LogP contribution is 2.47. The van der Waals surface area contributed by atoms with E-state index in [9.17, 15) is 0 Å². The molecule has 2 N–H and O–H groups in total. The molecule has 0 unspecified atom stereocenters. The zero-order valence-corrected chi connectivity index (χ0v) is 17.8. The van der Waals surface area contributed by atoms with Gasteiger partial charge in [0, 0.05) is 5.56 Å². The number of ether oxygens (including phenoxy) is 3. The first-order valence-electron chi connectivity index (χ1n) is 9.51. The number of rotatable bonds is 5. The molecule has 0 saturated carbocycles. The minimum atomic E-state index is -0.426. The average molecular weight is 409 g/mol. The maximum Gasteiger partial charge on any atom is 0.181 e. The van der Waals surface area contributed by atoms with E-state index >= 15 is 0 Å². The number of hydrogen-bond acceptors (Lipinski definition) is 6. The maximum absolute atomic E-state index is 6.34. The molecular weight excluding hydrogens is 384 g/mol. The Balaban J connectivity index is 1.90. The Morgan fingerprint density at radius 3 is 2.79 bits per heavy atom. The van der Waals surface area contributed by atoms with Crippen LogP contribution in [-0.2, 0) is 0 Å². The Morgan fingerprint density at radius 1 is 1.21 bits per heavy atom. The highest BCUT2D eigenvalue weighted by molar-refractivity contribution is 7.19. The first-order valence-corrected chi connectivity index (χ1v) is 10.3. The van der Waals surface area contributed by atoms with Crippen molar-refractivity contribution < 1.29 is 14.2 Å². The normalized spacial score (nSPS) is 14.2. The first kappa shape index (κ1) is 19.3. The molecule has 0 aliphatic carbocycles. The van der Waals surface area contributed by atoms with Gasteiger partial charge in [-0.25, -0.2) is 4.98 Å². The number of aromatic nitrogens is 1. The van der Waals surface area contributed by atoms with Gasteiger partial charge in [-0.2, -0.15) is 0 Å². The molecule has 6 heteroatoms. The topological polar surface area (TPSA) is 66.6 Å². The number of thiazole rings is 1. The third kappa shape index (κ3) is 3.68. The number of fused-ring (bicyclic) bond motifs is 1. The molecule has 1 aromatic heterocycles. The fourth-order valence-electron chi connectivity index (χ4n) is 3.40. The van der Waals surface area contributed by atoms with Gasteiger partial charge in [-0.1, -0.05) is 23.5 Å². The second-order valence-corrected chi connectivity index (χ2v) is 8.32. The Bertz CT molecular complexity index is 1090. The average Bonchev–Trinajstić information content (AvgIpc) is 3.08. The van der Waals surface area contributed by atoms with Crippen LogP contribution in [0, 0.1) is 0 Å². The van der Waals surface area contributed by atoms with Crippen LogP contribution in [0.15, 0.2) is 42.5 Å². The van der Waals surface area contributed by atoms with Gasteiger partial charge >= 0.3 is 0 Å². The summed E-state index contributed by atoms with van der Waals surface area (Å²) in [6, 6.07) is 11.9. The van der Waals surface area contributed by atoms with Crippen molar-refractivity contribution >= 4 is 22.5 Å². The monoisotopic (exact) mass is 408 g/mol. The summed E-state index contributed by atoms with van der Waals surface area (Å²) in [5, 5.41) is 0.506. The van der Waals surface area contributed by atoms with Crippen molar-refractivity contribution in [1.82, 2.24) is 4.98 Å². The second kappa shape index (κ2) is 7.44. The molecular formula is C23H24N2O3S. The van der Waals surface area contributed by atoms with Crippen molar-refractivity contribution in [2.75, 3.05) is 19.5 Å². The summed E-state index contributed by atoms with van der Waals surface area (Å²) in [6.07, 6.45) is 4.08. The van der Waals surface area contributed by atoms with Gasteiger partial charge in [-0.05, 0) is 62.8 Å². The lowest BCUT2D eigenvalue weighted by molar-refractivity contribution is 0.159. The minimum Gasteiger partial charge on any atom is -0.496 e. The van der Waals surface area contributed by atoms with Crippen LogP contribution >= 0.6 is 11.3 Å². The van der Waals surface area contributed by atoms with E-state index in [0.717, 1.165) is 44.5 Å². The lowest BCUT2D eigenvalue weighted by Crippen LogP contribution is -2.28.